The van der Waals surface area contributed by atoms with Crippen molar-refractivity contribution >= 4 is 37.6 Å². The van der Waals surface area contributed by atoms with Gasteiger partial charge in [0.1, 0.15) is 11.5 Å². The maximum Gasteiger partial charge on any atom is 0.343 e. The van der Waals surface area contributed by atoms with Gasteiger partial charge in [0.25, 0.3) is 20.1 Å². The average Bonchev–Trinajstić information content (AvgIpc) is 3.70. The minimum Gasteiger partial charge on any atom is -0.507 e. The van der Waals surface area contributed by atoms with Gasteiger partial charge in [-0.25, -0.2) is 9.78 Å². The monoisotopic (exact) mass is 721 g/mol. The van der Waals surface area contributed by atoms with Crippen LogP contribution in [0.5, 0.6) is 5.75 Å². The van der Waals surface area contributed by atoms with Crippen molar-refractivity contribution in [2.45, 2.75) is 75.3 Å². The first-order valence-corrected chi connectivity index (χ1v) is 19.3. The van der Waals surface area contributed by atoms with Gasteiger partial charge in [0.05, 0.1) is 11.3 Å². The van der Waals surface area contributed by atoms with Crippen LogP contribution in [0, 0.1) is 5.92 Å². The van der Waals surface area contributed by atoms with Crippen molar-refractivity contribution in [3.05, 3.63) is 70.0 Å². The average molecular weight is 722 g/mol. The van der Waals surface area contributed by atoms with Crippen LogP contribution in [0.2, 0.25) is 0 Å². The van der Waals surface area contributed by atoms with Crippen LogP contribution in [0.4, 0.5) is 5.69 Å². The highest BCUT2D eigenvalue weighted by Gasteiger charge is 2.37. The maximum absolute atomic E-state index is 13.2. The summed E-state index contributed by atoms with van der Waals surface area (Å²) in [5.41, 5.74) is 0.411. The second kappa shape index (κ2) is 16.9. The van der Waals surface area contributed by atoms with Crippen LogP contribution in [0.1, 0.15) is 80.6 Å². The van der Waals surface area contributed by atoms with E-state index in [1.165, 1.54) is 30.4 Å². The molecule has 0 spiro atoms. The number of hydrogen-bond donors (Lipinski definition) is 5. The molecule has 0 saturated heterocycles. The van der Waals surface area contributed by atoms with Crippen molar-refractivity contribution in [1.29, 1.82) is 0 Å². The number of anilines is 1. The van der Waals surface area contributed by atoms with E-state index < -0.39 is 37.4 Å². The SMILES string of the molecule is CN(CCS(=O)(=O)O)C(=O)CCCCCCC(=O)NCCCc1cc(O)c(C(c2cccc(NS(=O)(=O)c3ncc[nH]3)c2)C2CC2)c(=O)o1. The third-order valence-electron chi connectivity index (χ3n) is 8.22. The van der Waals surface area contributed by atoms with Crippen molar-refractivity contribution in [1.82, 2.24) is 20.2 Å². The lowest BCUT2D eigenvalue weighted by atomic mass is 9.87. The zero-order chi connectivity index (χ0) is 35.6. The second-order valence-electron chi connectivity index (χ2n) is 12.2. The molecule has 15 nitrogen and oxygen atoms in total. The van der Waals surface area contributed by atoms with Gasteiger partial charge in [-0.2, -0.15) is 16.8 Å². The summed E-state index contributed by atoms with van der Waals surface area (Å²) in [6.07, 6.45) is 8.52. The van der Waals surface area contributed by atoms with Gasteiger partial charge in [0.15, 0.2) is 0 Å². The normalized spacial score (nSPS) is 13.9. The summed E-state index contributed by atoms with van der Waals surface area (Å²) >= 11 is 0. The highest BCUT2D eigenvalue weighted by Crippen LogP contribution is 2.48. The number of nitrogens with zero attached hydrogens (tertiary/aromatic N) is 2. The molecule has 0 radical (unpaired) electrons. The minimum atomic E-state index is -4.12. The van der Waals surface area contributed by atoms with E-state index in [2.05, 4.69) is 20.0 Å². The number of carbonyl (C=O) groups is 2. The molecule has 49 heavy (non-hydrogen) atoms. The largest absolute Gasteiger partial charge is 0.507 e. The number of amides is 2. The van der Waals surface area contributed by atoms with E-state index >= 15 is 0 Å². The molecule has 2 amide bonds. The third kappa shape index (κ3) is 11.7. The summed E-state index contributed by atoms with van der Waals surface area (Å²) in [5, 5.41) is 13.6. The zero-order valence-corrected chi connectivity index (χ0v) is 28.9. The number of aromatic hydroxyl groups is 1. The molecule has 268 valence electrons. The first-order chi connectivity index (χ1) is 23.2. The highest BCUT2D eigenvalue weighted by molar-refractivity contribution is 7.92. The highest BCUT2D eigenvalue weighted by atomic mass is 32.2. The van der Waals surface area contributed by atoms with Gasteiger partial charge in [-0.15, -0.1) is 0 Å². The number of hydrogen-bond acceptors (Lipinski definition) is 10. The van der Waals surface area contributed by atoms with Gasteiger partial charge >= 0.3 is 5.63 Å². The molecular formula is C32H43N5O10S2. The van der Waals surface area contributed by atoms with E-state index in [0.717, 1.165) is 25.7 Å². The molecule has 1 aromatic carbocycles. The Morgan fingerprint density at radius 3 is 2.47 bits per heavy atom. The van der Waals surface area contributed by atoms with Crippen molar-refractivity contribution in [2.75, 3.05) is 30.6 Å². The summed E-state index contributed by atoms with van der Waals surface area (Å²) < 4.78 is 63.8. The predicted octanol–water partition coefficient (Wildman–Crippen LogP) is 3.15. The van der Waals surface area contributed by atoms with Crippen LogP contribution in [0.25, 0.3) is 0 Å². The van der Waals surface area contributed by atoms with Crippen LogP contribution >= 0.6 is 0 Å². The number of aromatic amines is 1. The molecule has 1 atom stereocenters. The number of nitrogens with one attached hydrogen (secondary N) is 3. The molecule has 1 saturated carbocycles. The second-order valence-corrected chi connectivity index (χ2v) is 15.4. The zero-order valence-electron chi connectivity index (χ0n) is 27.3. The number of imidazole rings is 1. The maximum atomic E-state index is 13.2. The molecule has 1 unspecified atom stereocenters. The Hall–Kier alpha value is -4.22. The smallest absolute Gasteiger partial charge is 0.343 e. The molecule has 5 N–H and O–H groups in total. The number of aryl methyl sites for hydroxylation is 1. The number of benzene rings is 1. The van der Waals surface area contributed by atoms with Gasteiger partial charge in [-0.05, 0) is 55.7 Å². The Bertz CT molecular complexity index is 1860. The van der Waals surface area contributed by atoms with Gasteiger partial charge in [-0.3, -0.25) is 18.9 Å². The summed E-state index contributed by atoms with van der Waals surface area (Å²) in [6, 6.07) is 8.11. The number of unbranched alkanes of at least 4 members (excludes halogenated alkanes) is 3. The molecule has 2 aromatic heterocycles. The molecule has 1 aliphatic carbocycles. The van der Waals surface area contributed by atoms with Gasteiger partial charge in [0.2, 0.25) is 17.0 Å². The summed E-state index contributed by atoms with van der Waals surface area (Å²) in [4.78, 5) is 45.1. The van der Waals surface area contributed by atoms with Crippen molar-refractivity contribution in [3.8, 4) is 5.75 Å². The van der Waals surface area contributed by atoms with Gasteiger partial charge in [0, 0.05) is 69.5 Å². The molecule has 0 aliphatic heterocycles. The number of H-pyrrole nitrogens is 1. The molecule has 2 heterocycles. The molecular weight excluding hydrogens is 679 g/mol. The topological polar surface area (TPSA) is 229 Å². The lowest BCUT2D eigenvalue weighted by Crippen LogP contribution is -2.31. The van der Waals surface area contributed by atoms with Crippen molar-refractivity contribution in [2.24, 2.45) is 5.92 Å². The summed E-state index contributed by atoms with van der Waals surface area (Å²) in [7, 11) is -6.58. The number of rotatable bonds is 20. The minimum absolute atomic E-state index is 0.0731. The first-order valence-electron chi connectivity index (χ1n) is 16.2. The van der Waals surface area contributed by atoms with Crippen molar-refractivity contribution in [3.63, 3.8) is 0 Å². The van der Waals surface area contributed by atoms with Gasteiger partial charge in [-0.1, -0.05) is 25.0 Å². The summed E-state index contributed by atoms with van der Waals surface area (Å²) in [6.45, 7) is 0.275. The molecule has 0 bridgehead atoms. The van der Waals surface area contributed by atoms with E-state index in [-0.39, 0.29) is 58.6 Å². The Balaban J connectivity index is 1.21. The van der Waals surface area contributed by atoms with E-state index in [0.29, 0.717) is 44.2 Å². The van der Waals surface area contributed by atoms with Crippen LogP contribution < -0.4 is 15.7 Å². The quantitative estimate of drug-likeness (QED) is 0.0841. The lowest BCUT2D eigenvalue weighted by Gasteiger charge is -2.19. The van der Waals surface area contributed by atoms with Crippen LogP contribution in [0.3, 0.4) is 0 Å². The van der Waals surface area contributed by atoms with Crippen LogP contribution in [-0.4, -0.2) is 79.1 Å². The fourth-order valence-corrected chi connectivity index (χ4v) is 6.97. The number of sulfonamides is 1. The van der Waals surface area contributed by atoms with Crippen molar-refractivity contribution < 1.29 is 40.5 Å². The Labute approximate surface area is 285 Å². The fourth-order valence-electron chi connectivity index (χ4n) is 5.51. The number of carbonyl (C=O) groups excluding carboxylic acids is 2. The van der Waals surface area contributed by atoms with Crippen LogP contribution in [-0.2, 0) is 36.2 Å². The molecule has 17 heteroatoms. The Morgan fingerprint density at radius 1 is 1.08 bits per heavy atom. The van der Waals surface area contributed by atoms with E-state index in [1.54, 1.807) is 24.3 Å². The van der Waals surface area contributed by atoms with E-state index in [9.17, 15) is 36.3 Å². The predicted molar refractivity (Wildman–Crippen MR) is 180 cm³/mol. The van der Waals surface area contributed by atoms with Crippen LogP contribution in [0.15, 0.2) is 57.1 Å². The van der Waals surface area contributed by atoms with E-state index in [4.69, 9.17) is 8.97 Å². The first kappa shape index (κ1) is 37.6. The molecule has 3 aromatic rings. The standard InChI is InChI=1S/C32H43N5O10S2/c1-37(18-19-48(42,43)44)28(40)12-5-3-2-4-11-27(39)33-15-7-10-25-21-26(38)30(31(41)47-25)29(22-13-14-22)23-8-6-9-24(20-23)36-49(45,46)32-34-16-17-35-32/h6,8-9,16-17,20-22,29,36,38H,2-5,7,10-15,18-19H2,1H3,(H,33,39)(H,34,35)(H,42,43,44). The molecule has 4 rings (SSSR count). The molecule has 1 aliphatic rings. The van der Waals surface area contributed by atoms with E-state index in [1.807, 2.05) is 0 Å². The third-order valence-corrected chi connectivity index (χ3v) is 10.2. The summed E-state index contributed by atoms with van der Waals surface area (Å²) in [5.74, 6) is -1.15. The Morgan fingerprint density at radius 2 is 1.82 bits per heavy atom. The molecule has 1 fully saturated rings. The number of aromatic nitrogens is 2. The van der Waals surface area contributed by atoms with Gasteiger partial charge < -0.3 is 24.7 Å². The fraction of sp³-hybridized carbons (Fsp3) is 0.500. The lowest BCUT2D eigenvalue weighted by molar-refractivity contribution is -0.129. The Kier molecular flexibility index (Phi) is 13.0.